The van der Waals surface area contributed by atoms with E-state index in [9.17, 15) is 4.79 Å². The Balaban J connectivity index is 1.24. The van der Waals surface area contributed by atoms with Crippen LogP contribution >= 0.6 is 22.7 Å². The minimum atomic E-state index is 0.0125. The highest BCUT2D eigenvalue weighted by atomic mass is 32.1. The number of thiazole rings is 1. The van der Waals surface area contributed by atoms with Gasteiger partial charge in [-0.15, -0.1) is 11.3 Å². The first-order chi connectivity index (χ1) is 14.2. The molecule has 1 unspecified atom stereocenters. The molecule has 152 valence electrons. The predicted molar refractivity (Wildman–Crippen MR) is 121 cm³/mol. The van der Waals surface area contributed by atoms with Crippen LogP contribution in [0.1, 0.15) is 36.6 Å². The fraction of sp³-hybridized carbons (Fsp3) is 0.391. The van der Waals surface area contributed by atoms with E-state index in [1.165, 1.54) is 31.5 Å². The number of thiophene rings is 1. The van der Waals surface area contributed by atoms with Crippen molar-refractivity contribution in [3.8, 4) is 10.6 Å². The van der Waals surface area contributed by atoms with Gasteiger partial charge >= 0.3 is 0 Å². The topological polar surface area (TPSA) is 45.2 Å². The molecule has 29 heavy (non-hydrogen) atoms. The second kappa shape index (κ2) is 9.65. The number of hydrogen-bond acceptors (Lipinski definition) is 5. The smallest absolute Gasteiger partial charge is 0.226 e. The molecule has 1 saturated heterocycles. The second-order valence-corrected chi connectivity index (χ2v) is 9.55. The minimum absolute atomic E-state index is 0.0125. The zero-order chi connectivity index (χ0) is 20.1. The van der Waals surface area contributed by atoms with Crippen LogP contribution in [0, 0.1) is 5.92 Å². The van der Waals surface area contributed by atoms with Gasteiger partial charge in [-0.2, -0.15) is 11.3 Å². The Hall–Kier alpha value is -2.02. The number of aromatic nitrogens is 1. The number of likely N-dealkylation sites (tertiary alicyclic amines) is 1. The summed E-state index contributed by atoms with van der Waals surface area (Å²) in [5, 5.41) is 10.1. The van der Waals surface area contributed by atoms with Crippen LogP contribution in [0.15, 0.2) is 46.5 Å². The molecule has 1 atom stereocenters. The van der Waals surface area contributed by atoms with Crippen molar-refractivity contribution in [2.45, 2.75) is 39.3 Å². The molecule has 4 nitrogen and oxygen atoms in total. The van der Waals surface area contributed by atoms with E-state index >= 15 is 0 Å². The molecule has 0 spiro atoms. The Kier molecular flexibility index (Phi) is 6.74. The highest BCUT2D eigenvalue weighted by molar-refractivity contribution is 7.14. The van der Waals surface area contributed by atoms with Gasteiger partial charge in [0.05, 0.1) is 12.1 Å². The third-order valence-electron chi connectivity index (χ3n) is 5.32. The summed E-state index contributed by atoms with van der Waals surface area (Å²) < 4.78 is 0. The van der Waals surface area contributed by atoms with Gasteiger partial charge in [-0.05, 0) is 47.9 Å². The molecule has 1 aromatic carbocycles. The summed E-state index contributed by atoms with van der Waals surface area (Å²) in [5.74, 6) is 0.816. The van der Waals surface area contributed by atoms with Gasteiger partial charge in [0, 0.05) is 36.0 Å². The number of rotatable bonds is 7. The van der Waals surface area contributed by atoms with Gasteiger partial charge in [0.25, 0.3) is 0 Å². The molecule has 0 saturated carbocycles. The molecule has 1 aliphatic rings. The number of amides is 1. The minimum Gasteiger partial charge on any atom is -0.352 e. The molecule has 2 aromatic heterocycles. The van der Waals surface area contributed by atoms with Crippen molar-refractivity contribution in [1.29, 1.82) is 0 Å². The third kappa shape index (κ3) is 5.75. The van der Waals surface area contributed by atoms with Crippen molar-refractivity contribution >= 4 is 28.6 Å². The standard InChI is InChI=1S/C23H27N3OS2/c1-17-3-2-9-26(13-17)14-19-6-4-18(5-7-19)12-24-22(27)11-21-16-29-23(25-21)20-8-10-28-15-20/h4-8,10,15-17H,2-3,9,11-14H2,1H3,(H,24,27). The molecule has 6 heteroatoms. The van der Waals surface area contributed by atoms with Crippen LogP contribution in [0.25, 0.3) is 10.6 Å². The summed E-state index contributed by atoms with van der Waals surface area (Å²) in [5.41, 5.74) is 4.44. The van der Waals surface area contributed by atoms with Crippen LogP contribution in [-0.4, -0.2) is 28.9 Å². The summed E-state index contributed by atoms with van der Waals surface area (Å²) in [6.07, 6.45) is 2.98. The first-order valence-electron chi connectivity index (χ1n) is 10.2. The molecule has 1 amide bonds. The van der Waals surface area contributed by atoms with Crippen LogP contribution in [0.2, 0.25) is 0 Å². The normalized spacial score (nSPS) is 17.3. The Morgan fingerprint density at radius 1 is 1.21 bits per heavy atom. The van der Waals surface area contributed by atoms with Gasteiger partial charge in [0.15, 0.2) is 0 Å². The number of benzene rings is 1. The molecule has 1 aliphatic heterocycles. The van der Waals surface area contributed by atoms with Gasteiger partial charge in [0.2, 0.25) is 5.91 Å². The van der Waals surface area contributed by atoms with Crippen LogP contribution < -0.4 is 5.32 Å². The SMILES string of the molecule is CC1CCCN(Cc2ccc(CNC(=O)Cc3csc(-c4ccsc4)n3)cc2)C1. The van der Waals surface area contributed by atoms with Crippen molar-refractivity contribution in [3.05, 3.63) is 63.3 Å². The lowest BCUT2D eigenvalue weighted by Crippen LogP contribution is -2.33. The third-order valence-corrected chi connectivity index (χ3v) is 6.94. The van der Waals surface area contributed by atoms with Crippen molar-refractivity contribution < 1.29 is 4.79 Å². The van der Waals surface area contributed by atoms with Gasteiger partial charge in [-0.1, -0.05) is 31.2 Å². The Labute approximate surface area is 180 Å². The highest BCUT2D eigenvalue weighted by Crippen LogP contribution is 2.25. The monoisotopic (exact) mass is 425 g/mol. The van der Waals surface area contributed by atoms with E-state index in [1.54, 1.807) is 22.7 Å². The Morgan fingerprint density at radius 3 is 2.79 bits per heavy atom. The number of carbonyl (C=O) groups is 1. The largest absolute Gasteiger partial charge is 0.352 e. The number of nitrogens with one attached hydrogen (secondary N) is 1. The lowest BCUT2D eigenvalue weighted by molar-refractivity contribution is -0.120. The van der Waals surface area contributed by atoms with Crippen LogP contribution in [0.4, 0.5) is 0 Å². The Morgan fingerprint density at radius 2 is 2.03 bits per heavy atom. The Bertz CT molecular complexity index is 918. The quantitative estimate of drug-likeness (QED) is 0.582. The molecule has 1 N–H and O–H groups in total. The molecule has 3 heterocycles. The van der Waals surface area contributed by atoms with Crippen molar-refractivity contribution in [1.82, 2.24) is 15.2 Å². The summed E-state index contributed by atoms with van der Waals surface area (Å²) in [6.45, 7) is 6.32. The van der Waals surface area contributed by atoms with E-state index in [2.05, 4.69) is 57.8 Å². The molecule has 0 radical (unpaired) electrons. The number of nitrogens with zero attached hydrogens (tertiary/aromatic N) is 2. The lowest BCUT2D eigenvalue weighted by atomic mass is 9.99. The van der Waals surface area contributed by atoms with Gasteiger partial charge in [-0.3, -0.25) is 9.69 Å². The van der Waals surface area contributed by atoms with Crippen molar-refractivity contribution in [2.75, 3.05) is 13.1 Å². The van der Waals surface area contributed by atoms with Gasteiger partial charge < -0.3 is 5.32 Å². The van der Waals surface area contributed by atoms with E-state index < -0.39 is 0 Å². The summed E-state index contributed by atoms with van der Waals surface area (Å²) >= 11 is 3.25. The summed E-state index contributed by atoms with van der Waals surface area (Å²) in [7, 11) is 0. The molecule has 1 fully saturated rings. The lowest BCUT2D eigenvalue weighted by Gasteiger charge is -2.30. The average molecular weight is 426 g/mol. The first kappa shape index (κ1) is 20.3. The molecular formula is C23H27N3OS2. The highest BCUT2D eigenvalue weighted by Gasteiger charge is 2.16. The maximum atomic E-state index is 12.3. The zero-order valence-electron chi connectivity index (χ0n) is 16.8. The van der Waals surface area contributed by atoms with E-state index in [1.807, 2.05) is 10.8 Å². The van der Waals surface area contributed by atoms with Crippen LogP contribution in [0.3, 0.4) is 0 Å². The molecule has 0 bridgehead atoms. The number of carbonyl (C=O) groups excluding carboxylic acids is 1. The molecular weight excluding hydrogens is 398 g/mol. The van der Waals surface area contributed by atoms with E-state index in [-0.39, 0.29) is 5.91 Å². The molecule has 4 rings (SSSR count). The van der Waals surface area contributed by atoms with Gasteiger partial charge in [0.1, 0.15) is 5.01 Å². The maximum absolute atomic E-state index is 12.3. The number of hydrogen-bond donors (Lipinski definition) is 1. The second-order valence-electron chi connectivity index (χ2n) is 7.91. The maximum Gasteiger partial charge on any atom is 0.226 e. The zero-order valence-corrected chi connectivity index (χ0v) is 18.4. The summed E-state index contributed by atoms with van der Waals surface area (Å²) in [6, 6.07) is 10.7. The average Bonchev–Trinajstić information content (AvgIpc) is 3.39. The molecule has 0 aliphatic carbocycles. The van der Waals surface area contributed by atoms with Crippen molar-refractivity contribution in [2.24, 2.45) is 5.92 Å². The predicted octanol–water partition coefficient (Wildman–Crippen LogP) is 4.96. The van der Waals surface area contributed by atoms with Crippen LogP contribution in [-0.2, 0) is 24.3 Å². The molecule has 3 aromatic rings. The fourth-order valence-corrected chi connectivity index (χ4v) is 5.32. The van der Waals surface area contributed by atoms with E-state index in [4.69, 9.17) is 0 Å². The summed E-state index contributed by atoms with van der Waals surface area (Å²) in [4.78, 5) is 19.4. The van der Waals surface area contributed by atoms with Crippen LogP contribution in [0.5, 0.6) is 0 Å². The van der Waals surface area contributed by atoms with E-state index in [0.29, 0.717) is 13.0 Å². The van der Waals surface area contributed by atoms with Gasteiger partial charge in [-0.25, -0.2) is 4.98 Å². The van der Waals surface area contributed by atoms with E-state index in [0.717, 1.165) is 34.3 Å². The first-order valence-corrected chi connectivity index (χ1v) is 12.0. The number of piperidine rings is 1. The fourth-order valence-electron chi connectivity index (χ4n) is 3.79. The van der Waals surface area contributed by atoms with Crippen molar-refractivity contribution in [3.63, 3.8) is 0 Å².